The van der Waals surface area contributed by atoms with Crippen LogP contribution in [0, 0.1) is 17.8 Å². The molecule has 0 amide bonds. The number of ether oxygens (including phenoxy) is 1. The van der Waals surface area contributed by atoms with E-state index in [4.69, 9.17) is 17.0 Å². The van der Waals surface area contributed by atoms with Gasteiger partial charge in [-0.3, -0.25) is 0 Å². The Kier molecular flexibility index (Phi) is 6.01. The molecule has 1 heterocycles. The highest BCUT2D eigenvalue weighted by atomic mass is 32.1. The second-order valence-corrected chi connectivity index (χ2v) is 11.5. The summed E-state index contributed by atoms with van der Waals surface area (Å²) in [6, 6.07) is 12.3. The Morgan fingerprint density at radius 1 is 1.16 bits per heavy atom. The molecule has 0 unspecified atom stereocenters. The van der Waals surface area contributed by atoms with E-state index in [1.807, 2.05) is 31.2 Å². The molecule has 2 aromatic rings. The van der Waals surface area contributed by atoms with Gasteiger partial charge in [0.1, 0.15) is 5.00 Å². The van der Waals surface area contributed by atoms with Gasteiger partial charge in [0.05, 0.1) is 12.2 Å². The standard InChI is InChI=1S/C26H32N2O2S2/c1-3-30-24(29)22-13-21(12-17-7-5-4-6-8-17)32-23(22)27-25(31)28(2)26-14-18-9-19(15-26)11-20(10-18)16-26/h4-8,13,18-20H,3,9-12,14-16H2,1-2H3,(H,27,31). The second-order valence-electron chi connectivity index (χ2n) is 9.97. The lowest BCUT2D eigenvalue weighted by Gasteiger charge is -2.60. The fourth-order valence-electron chi connectivity index (χ4n) is 6.65. The molecular weight excluding hydrogens is 436 g/mol. The Hall–Kier alpha value is -1.92. The molecule has 4 nitrogen and oxygen atoms in total. The third kappa shape index (κ3) is 4.19. The predicted octanol–water partition coefficient (Wildman–Crippen LogP) is 6.11. The zero-order chi connectivity index (χ0) is 22.3. The van der Waals surface area contributed by atoms with Crippen molar-refractivity contribution in [1.29, 1.82) is 0 Å². The quantitative estimate of drug-likeness (QED) is 0.409. The number of rotatable bonds is 6. The smallest absolute Gasteiger partial charge is 0.341 e. The number of carbonyl (C=O) groups excluding carboxylic acids is 1. The molecule has 0 saturated heterocycles. The van der Waals surface area contributed by atoms with E-state index in [1.165, 1.54) is 44.1 Å². The summed E-state index contributed by atoms with van der Waals surface area (Å²) in [7, 11) is 2.16. The molecule has 0 atom stereocenters. The minimum atomic E-state index is -0.286. The van der Waals surface area contributed by atoms with Crippen molar-refractivity contribution >= 4 is 39.6 Å². The Balaban J connectivity index is 1.36. The summed E-state index contributed by atoms with van der Waals surface area (Å²) in [6.07, 6.45) is 8.79. The van der Waals surface area contributed by atoms with Crippen LogP contribution in [-0.4, -0.2) is 35.2 Å². The molecule has 1 aromatic heterocycles. The minimum Gasteiger partial charge on any atom is -0.462 e. The van der Waals surface area contributed by atoms with Crippen LogP contribution in [0.15, 0.2) is 36.4 Å². The number of esters is 1. The van der Waals surface area contributed by atoms with Crippen LogP contribution >= 0.6 is 23.6 Å². The molecule has 4 saturated carbocycles. The molecule has 0 aliphatic heterocycles. The Morgan fingerprint density at radius 2 is 1.78 bits per heavy atom. The summed E-state index contributed by atoms with van der Waals surface area (Å²) >= 11 is 7.52. The van der Waals surface area contributed by atoms with Crippen LogP contribution in [0.1, 0.15) is 66.2 Å². The Bertz CT molecular complexity index is 965. The molecule has 1 aromatic carbocycles. The largest absolute Gasteiger partial charge is 0.462 e. The van der Waals surface area contributed by atoms with Gasteiger partial charge < -0.3 is 15.0 Å². The first-order valence-corrected chi connectivity index (χ1v) is 13.1. The van der Waals surface area contributed by atoms with Crippen molar-refractivity contribution in [2.24, 2.45) is 17.8 Å². The van der Waals surface area contributed by atoms with Crippen LogP contribution in [0.4, 0.5) is 5.00 Å². The highest BCUT2D eigenvalue weighted by Gasteiger charge is 2.53. The predicted molar refractivity (Wildman–Crippen MR) is 134 cm³/mol. The number of carbonyl (C=O) groups is 1. The van der Waals surface area contributed by atoms with Gasteiger partial charge in [0.25, 0.3) is 0 Å². The van der Waals surface area contributed by atoms with E-state index in [2.05, 4.69) is 29.4 Å². The van der Waals surface area contributed by atoms with Gasteiger partial charge in [0.2, 0.25) is 0 Å². The average molecular weight is 469 g/mol. The molecule has 4 aliphatic carbocycles. The maximum atomic E-state index is 12.7. The third-order valence-corrected chi connectivity index (χ3v) is 9.17. The summed E-state index contributed by atoms with van der Waals surface area (Å²) in [5.74, 6) is 2.30. The molecule has 1 N–H and O–H groups in total. The van der Waals surface area contributed by atoms with Crippen LogP contribution in [0.3, 0.4) is 0 Å². The average Bonchev–Trinajstić information content (AvgIpc) is 3.15. The van der Waals surface area contributed by atoms with Gasteiger partial charge in [-0.2, -0.15) is 0 Å². The van der Waals surface area contributed by atoms with E-state index in [0.717, 1.165) is 39.2 Å². The lowest BCUT2D eigenvalue weighted by atomic mass is 9.52. The van der Waals surface area contributed by atoms with Crippen molar-refractivity contribution in [3.05, 3.63) is 52.4 Å². The van der Waals surface area contributed by atoms with Crippen LogP contribution in [0.25, 0.3) is 0 Å². The first-order valence-electron chi connectivity index (χ1n) is 11.8. The van der Waals surface area contributed by atoms with Gasteiger partial charge in [0.15, 0.2) is 5.11 Å². The van der Waals surface area contributed by atoms with Crippen LogP contribution in [0.2, 0.25) is 0 Å². The highest BCUT2D eigenvalue weighted by molar-refractivity contribution is 7.80. The molecule has 32 heavy (non-hydrogen) atoms. The van der Waals surface area contributed by atoms with Gasteiger partial charge in [-0.1, -0.05) is 30.3 Å². The molecule has 6 rings (SSSR count). The number of nitrogens with one attached hydrogen (secondary N) is 1. The van der Waals surface area contributed by atoms with Crippen molar-refractivity contribution in [2.75, 3.05) is 19.0 Å². The van der Waals surface area contributed by atoms with Crippen molar-refractivity contribution in [3.63, 3.8) is 0 Å². The summed E-state index contributed by atoms with van der Waals surface area (Å²) in [4.78, 5) is 16.2. The zero-order valence-electron chi connectivity index (χ0n) is 18.9. The summed E-state index contributed by atoms with van der Waals surface area (Å²) < 4.78 is 5.35. The molecular formula is C26H32N2O2S2. The summed E-state index contributed by atoms with van der Waals surface area (Å²) in [6.45, 7) is 2.20. The van der Waals surface area contributed by atoms with E-state index < -0.39 is 0 Å². The number of thiophene rings is 1. The summed E-state index contributed by atoms with van der Waals surface area (Å²) in [5, 5.41) is 4.99. The fraction of sp³-hybridized carbons (Fsp3) is 0.538. The number of thiocarbonyl (C=S) groups is 1. The SMILES string of the molecule is CCOC(=O)c1cc(Cc2ccccc2)sc1NC(=S)N(C)C12CC3CC(CC(C3)C1)C2. The Labute approximate surface area is 200 Å². The third-order valence-electron chi connectivity index (χ3n) is 7.74. The molecule has 0 spiro atoms. The van der Waals surface area contributed by atoms with Crippen molar-refractivity contribution in [3.8, 4) is 0 Å². The normalized spacial score (nSPS) is 27.9. The maximum absolute atomic E-state index is 12.7. The van der Waals surface area contributed by atoms with Gasteiger partial charge in [0, 0.05) is 23.9 Å². The molecule has 6 heteroatoms. The van der Waals surface area contributed by atoms with E-state index in [0.29, 0.717) is 12.2 Å². The van der Waals surface area contributed by atoms with Crippen molar-refractivity contribution in [2.45, 2.75) is 57.4 Å². The molecule has 4 bridgehead atoms. The van der Waals surface area contributed by atoms with Crippen molar-refractivity contribution in [1.82, 2.24) is 4.90 Å². The number of hydrogen-bond donors (Lipinski definition) is 1. The second kappa shape index (κ2) is 8.79. The number of benzene rings is 1. The molecule has 0 radical (unpaired) electrons. The van der Waals surface area contributed by atoms with Gasteiger partial charge in [-0.05, 0) is 87.1 Å². The van der Waals surface area contributed by atoms with Gasteiger partial charge >= 0.3 is 5.97 Å². The molecule has 4 fully saturated rings. The van der Waals surface area contributed by atoms with Gasteiger partial charge in [-0.15, -0.1) is 11.3 Å². The molecule has 4 aliphatic rings. The zero-order valence-corrected chi connectivity index (χ0v) is 20.6. The first kappa shape index (κ1) is 21.9. The maximum Gasteiger partial charge on any atom is 0.341 e. The van der Waals surface area contributed by atoms with Crippen LogP contribution in [0.5, 0.6) is 0 Å². The van der Waals surface area contributed by atoms with Crippen LogP contribution in [-0.2, 0) is 11.2 Å². The molecule has 170 valence electrons. The van der Waals surface area contributed by atoms with E-state index >= 15 is 0 Å². The number of anilines is 1. The van der Waals surface area contributed by atoms with Crippen molar-refractivity contribution < 1.29 is 9.53 Å². The first-order chi connectivity index (χ1) is 15.5. The highest BCUT2D eigenvalue weighted by Crippen LogP contribution is 2.57. The Morgan fingerprint density at radius 3 is 2.38 bits per heavy atom. The lowest BCUT2D eigenvalue weighted by molar-refractivity contribution is -0.0538. The topological polar surface area (TPSA) is 41.6 Å². The number of hydrogen-bond acceptors (Lipinski definition) is 4. The lowest BCUT2D eigenvalue weighted by Crippen LogP contribution is -2.60. The monoisotopic (exact) mass is 468 g/mol. The fourth-order valence-corrected chi connectivity index (χ4v) is 8.09. The van der Waals surface area contributed by atoms with Gasteiger partial charge in [-0.25, -0.2) is 4.79 Å². The van der Waals surface area contributed by atoms with E-state index in [9.17, 15) is 4.79 Å². The summed E-state index contributed by atoms with van der Waals surface area (Å²) in [5.41, 5.74) is 2.00. The van der Waals surface area contributed by atoms with E-state index in [1.54, 1.807) is 11.3 Å². The van der Waals surface area contributed by atoms with Crippen LogP contribution < -0.4 is 5.32 Å². The number of nitrogens with zero attached hydrogens (tertiary/aromatic N) is 1. The van der Waals surface area contributed by atoms with E-state index in [-0.39, 0.29) is 11.5 Å². The minimum absolute atomic E-state index is 0.188.